The second-order valence-corrected chi connectivity index (χ2v) is 3.99. The van der Waals surface area contributed by atoms with Crippen molar-refractivity contribution in [1.29, 1.82) is 0 Å². The maximum Gasteiger partial charge on any atom is 0.144 e. The highest BCUT2D eigenvalue weighted by molar-refractivity contribution is 6.30. The number of furan rings is 1. The van der Waals surface area contributed by atoms with Crippen molar-refractivity contribution >= 4 is 11.6 Å². The summed E-state index contributed by atoms with van der Waals surface area (Å²) in [5.74, 6) is 0.518. The minimum absolute atomic E-state index is 0.518. The van der Waals surface area contributed by atoms with Gasteiger partial charge in [-0.3, -0.25) is 0 Å². The van der Waals surface area contributed by atoms with Gasteiger partial charge in [-0.25, -0.2) is 0 Å². The summed E-state index contributed by atoms with van der Waals surface area (Å²) in [7, 11) is 0. The lowest BCUT2D eigenvalue weighted by Crippen LogP contribution is -2.21. The van der Waals surface area contributed by atoms with Crippen LogP contribution in [-0.2, 0) is 5.60 Å². The molecule has 78 valence electrons. The normalized spacial score (nSPS) is 14.9. The third-order valence-corrected chi connectivity index (χ3v) is 2.66. The third-order valence-electron chi connectivity index (χ3n) is 2.41. The average molecular weight is 223 g/mol. The fourth-order valence-corrected chi connectivity index (χ4v) is 1.60. The number of rotatable bonds is 2. The van der Waals surface area contributed by atoms with E-state index in [0.717, 1.165) is 5.56 Å². The molecule has 2 aromatic rings. The Morgan fingerprint density at radius 3 is 2.40 bits per heavy atom. The fraction of sp³-hybridized carbons (Fsp3) is 0.167. The molecule has 0 fully saturated rings. The predicted octanol–water partition coefficient (Wildman–Crippen LogP) is 3.19. The second-order valence-electron chi connectivity index (χ2n) is 3.56. The summed E-state index contributed by atoms with van der Waals surface area (Å²) in [5, 5.41) is 10.9. The van der Waals surface area contributed by atoms with E-state index in [-0.39, 0.29) is 0 Å². The highest BCUT2D eigenvalue weighted by Gasteiger charge is 2.28. The van der Waals surface area contributed by atoms with Crippen molar-refractivity contribution < 1.29 is 9.52 Å². The van der Waals surface area contributed by atoms with Gasteiger partial charge in [-0.15, -0.1) is 0 Å². The molecular formula is C12H11ClO2. The molecule has 1 heterocycles. The number of halogens is 1. The SMILES string of the molecule is C[C@@](O)(c1ccc(Cl)cc1)c1ccco1. The van der Waals surface area contributed by atoms with Crippen molar-refractivity contribution in [3.63, 3.8) is 0 Å². The first-order chi connectivity index (χ1) is 7.10. The molecule has 1 atom stereocenters. The smallest absolute Gasteiger partial charge is 0.144 e. The van der Waals surface area contributed by atoms with Gasteiger partial charge in [0.1, 0.15) is 11.4 Å². The van der Waals surface area contributed by atoms with Crippen molar-refractivity contribution in [2.45, 2.75) is 12.5 Å². The molecule has 1 aromatic heterocycles. The molecule has 0 radical (unpaired) electrons. The number of hydrogen-bond acceptors (Lipinski definition) is 2. The number of aliphatic hydroxyl groups is 1. The highest BCUT2D eigenvalue weighted by Crippen LogP contribution is 2.29. The van der Waals surface area contributed by atoms with E-state index in [9.17, 15) is 5.11 Å². The van der Waals surface area contributed by atoms with Crippen LogP contribution in [0.2, 0.25) is 5.02 Å². The van der Waals surface area contributed by atoms with Crippen LogP contribution in [0.5, 0.6) is 0 Å². The van der Waals surface area contributed by atoms with Crippen LogP contribution in [-0.4, -0.2) is 5.11 Å². The summed E-state index contributed by atoms with van der Waals surface area (Å²) < 4.78 is 5.20. The van der Waals surface area contributed by atoms with Gasteiger partial charge in [0.15, 0.2) is 0 Å². The molecule has 1 N–H and O–H groups in total. The standard InChI is InChI=1S/C12H11ClO2/c1-12(14,11-3-2-8-15-11)9-4-6-10(13)7-5-9/h2-8,14H,1H3/t12-/m1/s1. The molecular weight excluding hydrogens is 212 g/mol. The Kier molecular flexibility index (Phi) is 2.55. The average Bonchev–Trinajstić information content (AvgIpc) is 2.71. The Bertz CT molecular complexity index is 429. The van der Waals surface area contributed by atoms with Crippen molar-refractivity contribution in [1.82, 2.24) is 0 Å². The van der Waals surface area contributed by atoms with E-state index < -0.39 is 5.60 Å². The summed E-state index contributed by atoms with van der Waals surface area (Å²) >= 11 is 5.78. The Morgan fingerprint density at radius 1 is 1.20 bits per heavy atom. The molecule has 0 unspecified atom stereocenters. The van der Waals surface area contributed by atoms with Gasteiger partial charge in [-0.1, -0.05) is 23.7 Å². The predicted molar refractivity (Wildman–Crippen MR) is 58.8 cm³/mol. The Hall–Kier alpha value is -1.25. The van der Waals surface area contributed by atoms with Gasteiger partial charge in [0, 0.05) is 5.02 Å². The van der Waals surface area contributed by atoms with Gasteiger partial charge < -0.3 is 9.52 Å². The molecule has 0 aliphatic rings. The van der Waals surface area contributed by atoms with Crippen molar-refractivity contribution in [3.8, 4) is 0 Å². The number of hydrogen-bond donors (Lipinski definition) is 1. The minimum atomic E-state index is -1.12. The summed E-state index contributed by atoms with van der Waals surface area (Å²) in [4.78, 5) is 0. The second kappa shape index (κ2) is 3.72. The van der Waals surface area contributed by atoms with Crippen LogP contribution >= 0.6 is 11.6 Å². The Balaban J connectivity index is 2.41. The van der Waals surface area contributed by atoms with E-state index in [1.165, 1.54) is 0 Å². The maximum atomic E-state index is 10.3. The largest absolute Gasteiger partial charge is 0.466 e. The van der Waals surface area contributed by atoms with E-state index in [0.29, 0.717) is 10.8 Å². The minimum Gasteiger partial charge on any atom is -0.466 e. The molecule has 0 aliphatic heterocycles. The summed E-state index contributed by atoms with van der Waals surface area (Å²) in [6.07, 6.45) is 1.54. The van der Waals surface area contributed by atoms with Gasteiger partial charge in [0.2, 0.25) is 0 Å². The van der Waals surface area contributed by atoms with E-state index >= 15 is 0 Å². The quantitative estimate of drug-likeness (QED) is 0.847. The van der Waals surface area contributed by atoms with Gasteiger partial charge in [-0.2, -0.15) is 0 Å². The zero-order valence-electron chi connectivity index (χ0n) is 8.27. The van der Waals surface area contributed by atoms with Crippen LogP contribution in [0, 0.1) is 0 Å². The van der Waals surface area contributed by atoms with Crippen LogP contribution in [0.1, 0.15) is 18.2 Å². The van der Waals surface area contributed by atoms with E-state index in [1.807, 2.05) is 0 Å². The van der Waals surface area contributed by atoms with Crippen molar-refractivity contribution in [3.05, 3.63) is 59.0 Å². The lowest BCUT2D eigenvalue weighted by molar-refractivity contribution is 0.0767. The fourth-order valence-electron chi connectivity index (χ4n) is 1.47. The maximum absolute atomic E-state index is 10.3. The number of benzene rings is 1. The molecule has 0 bridgehead atoms. The monoisotopic (exact) mass is 222 g/mol. The van der Waals surface area contributed by atoms with Gasteiger partial charge in [0.25, 0.3) is 0 Å². The lowest BCUT2D eigenvalue weighted by atomic mass is 9.93. The van der Waals surface area contributed by atoms with Gasteiger partial charge in [0.05, 0.1) is 6.26 Å². The van der Waals surface area contributed by atoms with Crippen LogP contribution in [0.4, 0.5) is 0 Å². The van der Waals surface area contributed by atoms with Gasteiger partial charge >= 0.3 is 0 Å². The summed E-state index contributed by atoms with van der Waals surface area (Å²) in [6.45, 7) is 1.69. The highest BCUT2D eigenvalue weighted by atomic mass is 35.5. The first kappa shape index (κ1) is 10.3. The molecule has 0 amide bonds. The molecule has 0 saturated heterocycles. The summed E-state index contributed by atoms with van der Waals surface area (Å²) in [6, 6.07) is 10.5. The topological polar surface area (TPSA) is 33.4 Å². The molecule has 3 heteroatoms. The Morgan fingerprint density at radius 2 is 1.87 bits per heavy atom. The van der Waals surface area contributed by atoms with Gasteiger partial charge in [-0.05, 0) is 36.8 Å². The Labute approximate surface area is 93.1 Å². The first-order valence-electron chi connectivity index (χ1n) is 4.63. The summed E-state index contributed by atoms with van der Waals surface area (Å²) in [5.41, 5.74) is -0.365. The molecule has 1 aromatic carbocycles. The first-order valence-corrected chi connectivity index (χ1v) is 5.01. The molecule has 2 rings (SSSR count). The van der Waals surface area contributed by atoms with Crippen molar-refractivity contribution in [2.75, 3.05) is 0 Å². The lowest BCUT2D eigenvalue weighted by Gasteiger charge is -2.21. The molecule has 0 spiro atoms. The van der Waals surface area contributed by atoms with Crippen LogP contribution in [0.15, 0.2) is 47.1 Å². The molecule has 15 heavy (non-hydrogen) atoms. The van der Waals surface area contributed by atoms with Crippen LogP contribution in [0.3, 0.4) is 0 Å². The third kappa shape index (κ3) is 1.91. The molecule has 0 saturated carbocycles. The zero-order chi connectivity index (χ0) is 10.9. The van der Waals surface area contributed by atoms with E-state index in [1.54, 1.807) is 49.6 Å². The van der Waals surface area contributed by atoms with E-state index in [4.69, 9.17) is 16.0 Å². The van der Waals surface area contributed by atoms with Crippen molar-refractivity contribution in [2.24, 2.45) is 0 Å². The zero-order valence-corrected chi connectivity index (χ0v) is 9.03. The van der Waals surface area contributed by atoms with Crippen LogP contribution < -0.4 is 0 Å². The molecule has 0 aliphatic carbocycles. The molecule has 2 nitrogen and oxygen atoms in total. The van der Waals surface area contributed by atoms with Crippen LogP contribution in [0.25, 0.3) is 0 Å². The van der Waals surface area contributed by atoms with E-state index in [2.05, 4.69) is 0 Å².